The summed E-state index contributed by atoms with van der Waals surface area (Å²) in [5.74, 6) is -0.251. The molecule has 0 aliphatic carbocycles. The highest BCUT2D eigenvalue weighted by Gasteiger charge is 2.27. The molecule has 1 aromatic heterocycles. The Morgan fingerprint density at radius 1 is 1.44 bits per heavy atom. The maximum Gasteiger partial charge on any atom is 0.246 e. The summed E-state index contributed by atoms with van der Waals surface area (Å²) in [4.78, 5) is 30.0. The second-order valence-corrected chi connectivity index (χ2v) is 4.28. The quantitative estimate of drug-likeness (QED) is 0.729. The summed E-state index contributed by atoms with van der Waals surface area (Å²) in [6.07, 6.45) is 2.57. The highest BCUT2D eigenvalue weighted by molar-refractivity contribution is 5.99. The zero-order chi connectivity index (χ0) is 12.5. The zero-order valence-corrected chi connectivity index (χ0v) is 9.56. The number of aromatic nitrogens is 2. The topological polar surface area (TPSA) is 86.9 Å². The Morgan fingerprint density at radius 3 is 3.11 bits per heavy atom. The largest absolute Gasteiger partial charge is 0.345 e. The second-order valence-electron chi connectivity index (χ2n) is 4.28. The van der Waals surface area contributed by atoms with E-state index in [0.717, 1.165) is 11.0 Å². The van der Waals surface area contributed by atoms with E-state index in [1.165, 1.54) is 0 Å². The third-order valence-corrected chi connectivity index (χ3v) is 3.00. The third kappa shape index (κ3) is 1.92. The summed E-state index contributed by atoms with van der Waals surface area (Å²) in [6.45, 7) is 0. The van der Waals surface area contributed by atoms with Gasteiger partial charge in [0.05, 0.1) is 17.4 Å². The van der Waals surface area contributed by atoms with Crippen LogP contribution < -0.4 is 10.6 Å². The van der Waals surface area contributed by atoms with Crippen LogP contribution >= 0.6 is 0 Å². The molecule has 3 rings (SSSR count). The summed E-state index contributed by atoms with van der Waals surface area (Å²) in [5, 5.41) is 5.42. The Bertz CT molecular complexity index is 619. The number of imidazole rings is 1. The molecule has 1 atom stereocenters. The van der Waals surface area contributed by atoms with Crippen LogP contribution in [-0.4, -0.2) is 27.8 Å². The molecule has 2 heterocycles. The van der Waals surface area contributed by atoms with Crippen LogP contribution in [0.4, 0.5) is 5.69 Å². The van der Waals surface area contributed by atoms with Gasteiger partial charge in [-0.05, 0) is 24.6 Å². The molecule has 0 bridgehead atoms. The molecule has 3 N–H and O–H groups in total. The first-order chi connectivity index (χ1) is 8.72. The normalized spacial score (nSPS) is 18.9. The molecule has 1 aromatic carbocycles. The summed E-state index contributed by atoms with van der Waals surface area (Å²) < 4.78 is 0. The monoisotopic (exact) mass is 244 g/mol. The van der Waals surface area contributed by atoms with Crippen molar-refractivity contribution in [2.24, 2.45) is 0 Å². The molecule has 6 heteroatoms. The molecule has 6 nitrogen and oxygen atoms in total. The molecule has 18 heavy (non-hydrogen) atoms. The van der Waals surface area contributed by atoms with E-state index in [2.05, 4.69) is 20.6 Å². The number of H-pyrrole nitrogens is 1. The molecule has 92 valence electrons. The van der Waals surface area contributed by atoms with E-state index in [0.29, 0.717) is 18.5 Å². The molecular weight excluding hydrogens is 232 g/mol. The molecule has 1 aliphatic heterocycles. The van der Waals surface area contributed by atoms with Gasteiger partial charge in [-0.1, -0.05) is 0 Å². The van der Waals surface area contributed by atoms with Crippen molar-refractivity contribution < 1.29 is 9.59 Å². The first-order valence-electron chi connectivity index (χ1n) is 5.76. The molecule has 2 amide bonds. The van der Waals surface area contributed by atoms with Crippen LogP contribution in [0.3, 0.4) is 0 Å². The van der Waals surface area contributed by atoms with Gasteiger partial charge in [0.2, 0.25) is 11.8 Å². The minimum absolute atomic E-state index is 0.0702. The number of anilines is 1. The summed E-state index contributed by atoms with van der Waals surface area (Å²) >= 11 is 0. The highest BCUT2D eigenvalue weighted by Crippen LogP contribution is 2.16. The minimum atomic E-state index is -0.421. The zero-order valence-electron chi connectivity index (χ0n) is 9.56. The molecule has 2 aromatic rings. The number of amides is 2. The number of nitrogens with zero attached hydrogens (tertiary/aromatic N) is 1. The van der Waals surface area contributed by atoms with Gasteiger partial charge >= 0.3 is 0 Å². The van der Waals surface area contributed by atoms with Crippen LogP contribution in [0.5, 0.6) is 0 Å². The van der Waals surface area contributed by atoms with Gasteiger partial charge in [-0.25, -0.2) is 4.98 Å². The van der Waals surface area contributed by atoms with Gasteiger partial charge < -0.3 is 15.6 Å². The lowest BCUT2D eigenvalue weighted by atomic mass is 10.2. The summed E-state index contributed by atoms with van der Waals surface area (Å²) in [5.41, 5.74) is 2.41. The Kier molecular flexibility index (Phi) is 2.47. The van der Waals surface area contributed by atoms with E-state index in [1.54, 1.807) is 12.4 Å². The number of carbonyl (C=O) groups is 2. The van der Waals surface area contributed by atoms with Crippen LogP contribution in [0.25, 0.3) is 11.0 Å². The van der Waals surface area contributed by atoms with Crippen molar-refractivity contribution in [1.82, 2.24) is 15.3 Å². The van der Waals surface area contributed by atoms with Crippen LogP contribution in [0.2, 0.25) is 0 Å². The minimum Gasteiger partial charge on any atom is -0.345 e. The summed E-state index contributed by atoms with van der Waals surface area (Å²) in [7, 11) is 0. The number of hydrogen-bond acceptors (Lipinski definition) is 3. The number of carbonyl (C=O) groups excluding carboxylic acids is 2. The lowest BCUT2D eigenvalue weighted by molar-refractivity contribution is -0.122. The average molecular weight is 244 g/mol. The predicted molar refractivity (Wildman–Crippen MR) is 65.9 cm³/mol. The van der Waals surface area contributed by atoms with Gasteiger partial charge in [-0.15, -0.1) is 0 Å². The molecule has 0 radical (unpaired) electrons. The molecular formula is C12H12N4O2. The fourth-order valence-electron chi connectivity index (χ4n) is 2.05. The fourth-order valence-corrected chi connectivity index (χ4v) is 2.05. The summed E-state index contributed by atoms with van der Waals surface area (Å²) in [6, 6.07) is 5.01. The Morgan fingerprint density at radius 2 is 2.33 bits per heavy atom. The van der Waals surface area contributed by atoms with Gasteiger partial charge in [-0.2, -0.15) is 0 Å². The number of rotatable bonds is 2. The molecule has 0 spiro atoms. The van der Waals surface area contributed by atoms with Gasteiger partial charge in [0.25, 0.3) is 0 Å². The Hall–Kier alpha value is -2.37. The molecule has 1 aliphatic rings. The first-order valence-corrected chi connectivity index (χ1v) is 5.76. The van der Waals surface area contributed by atoms with E-state index in [-0.39, 0.29) is 11.8 Å². The van der Waals surface area contributed by atoms with Gasteiger partial charge in [0, 0.05) is 12.1 Å². The predicted octanol–water partition coefficient (Wildman–Crippen LogP) is 0.780. The van der Waals surface area contributed by atoms with Gasteiger partial charge in [0.15, 0.2) is 0 Å². The number of hydrogen-bond donors (Lipinski definition) is 3. The smallest absolute Gasteiger partial charge is 0.246 e. The molecule has 1 fully saturated rings. The number of fused-ring (bicyclic) bond motifs is 1. The van der Waals surface area contributed by atoms with Crippen molar-refractivity contribution in [3.8, 4) is 0 Å². The van der Waals surface area contributed by atoms with Crippen molar-refractivity contribution >= 4 is 28.5 Å². The molecule has 1 saturated heterocycles. The Labute approximate surface area is 103 Å². The van der Waals surface area contributed by atoms with Crippen LogP contribution in [-0.2, 0) is 9.59 Å². The van der Waals surface area contributed by atoms with Crippen molar-refractivity contribution in [2.45, 2.75) is 18.9 Å². The average Bonchev–Trinajstić information content (AvgIpc) is 2.96. The lowest BCUT2D eigenvalue weighted by Gasteiger charge is -2.10. The van der Waals surface area contributed by atoms with Crippen LogP contribution in [0, 0.1) is 0 Å². The van der Waals surface area contributed by atoms with Crippen LogP contribution in [0.15, 0.2) is 24.5 Å². The van der Waals surface area contributed by atoms with Crippen LogP contribution in [0.1, 0.15) is 12.8 Å². The van der Waals surface area contributed by atoms with Crippen molar-refractivity contribution in [3.63, 3.8) is 0 Å². The molecule has 0 saturated carbocycles. The lowest BCUT2D eigenvalue weighted by Crippen LogP contribution is -2.37. The SMILES string of the molecule is O=C1CCC(C(=O)Nc2ccc3nc[nH]c3c2)N1. The van der Waals surface area contributed by atoms with E-state index < -0.39 is 6.04 Å². The van der Waals surface area contributed by atoms with Gasteiger partial charge in [0.1, 0.15) is 6.04 Å². The van der Waals surface area contributed by atoms with Crippen molar-refractivity contribution in [3.05, 3.63) is 24.5 Å². The number of aromatic amines is 1. The maximum atomic E-state index is 11.9. The van der Waals surface area contributed by atoms with E-state index in [4.69, 9.17) is 0 Å². The second kappa shape index (κ2) is 4.14. The van der Waals surface area contributed by atoms with Gasteiger partial charge in [-0.3, -0.25) is 9.59 Å². The maximum absolute atomic E-state index is 11.9. The van der Waals surface area contributed by atoms with E-state index in [9.17, 15) is 9.59 Å². The van der Waals surface area contributed by atoms with E-state index in [1.807, 2.05) is 12.1 Å². The fraction of sp³-hybridized carbons (Fsp3) is 0.250. The first kappa shape index (κ1) is 10.8. The van der Waals surface area contributed by atoms with E-state index >= 15 is 0 Å². The Balaban J connectivity index is 1.75. The number of nitrogens with one attached hydrogen (secondary N) is 3. The van der Waals surface area contributed by atoms with Crippen molar-refractivity contribution in [2.75, 3.05) is 5.32 Å². The highest BCUT2D eigenvalue weighted by atomic mass is 16.2. The standard InChI is InChI=1S/C12H12N4O2/c17-11-4-3-9(16-11)12(18)15-7-1-2-8-10(5-7)14-6-13-8/h1-2,5-6,9H,3-4H2,(H,13,14)(H,15,18)(H,16,17). The molecule has 1 unspecified atom stereocenters. The number of benzene rings is 1. The third-order valence-electron chi connectivity index (χ3n) is 3.00. The van der Waals surface area contributed by atoms with Crippen molar-refractivity contribution in [1.29, 1.82) is 0 Å².